The lowest BCUT2D eigenvalue weighted by molar-refractivity contribution is -0.119. The number of aromatic nitrogens is 1. The van der Waals surface area contributed by atoms with Crippen LogP contribution in [0.4, 0.5) is 5.69 Å². The van der Waals surface area contributed by atoms with Gasteiger partial charge in [-0.1, -0.05) is 31.2 Å². The predicted octanol–water partition coefficient (Wildman–Crippen LogP) is 4.52. The number of rotatable bonds is 5. The first-order chi connectivity index (χ1) is 13.4. The molecule has 0 saturated heterocycles. The molecular formula is C23H24N2O3. The van der Waals surface area contributed by atoms with Crippen LogP contribution in [0.15, 0.2) is 42.5 Å². The van der Waals surface area contributed by atoms with Crippen molar-refractivity contribution in [1.29, 1.82) is 0 Å². The van der Waals surface area contributed by atoms with Gasteiger partial charge in [0.05, 0.1) is 11.1 Å². The molecule has 1 N–H and O–H groups in total. The van der Waals surface area contributed by atoms with Crippen LogP contribution >= 0.6 is 0 Å². The van der Waals surface area contributed by atoms with Crippen molar-refractivity contribution in [2.45, 2.75) is 34.1 Å². The molecule has 0 aliphatic carbocycles. The Labute approximate surface area is 164 Å². The SMILES string of the molecule is CCc1nc2ccccc2c(C(=O)OCC(=O)Nc2cc(C)cc(C)c2)c1C. The number of benzene rings is 2. The smallest absolute Gasteiger partial charge is 0.339 e. The van der Waals surface area contributed by atoms with E-state index >= 15 is 0 Å². The number of amides is 1. The van der Waals surface area contributed by atoms with Crippen LogP contribution in [0.5, 0.6) is 0 Å². The zero-order valence-corrected chi connectivity index (χ0v) is 16.6. The van der Waals surface area contributed by atoms with Crippen molar-refractivity contribution in [1.82, 2.24) is 4.98 Å². The first kappa shape index (κ1) is 19.5. The minimum Gasteiger partial charge on any atom is -0.452 e. The largest absolute Gasteiger partial charge is 0.452 e. The molecule has 0 unspecified atom stereocenters. The molecule has 144 valence electrons. The van der Waals surface area contributed by atoms with Crippen LogP contribution in [-0.4, -0.2) is 23.5 Å². The Bertz CT molecular complexity index is 1040. The molecule has 1 aromatic heterocycles. The fraction of sp³-hybridized carbons (Fsp3) is 0.261. The highest BCUT2D eigenvalue weighted by molar-refractivity contribution is 6.05. The second-order valence-electron chi connectivity index (χ2n) is 6.93. The number of anilines is 1. The van der Waals surface area contributed by atoms with Crippen molar-refractivity contribution in [2.75, 3.05) is 11.9 Å². The summed E-state index contributed by atoms with van der Waals surface area (Å²) in [7, 11) is 0. The molecule has 0 fully saturated rings. The number of para-hydroxylation sites is 1. The van der Waals surface area contributed by atoms with Gasteiger partial charge in [0.15, 0.2) is 6.61 Å². The molecule has 3 rings (SSSR count). The molecule has 0 aliphatic rings. The Balaban J connectivity index is 1.78. The summed E-state index contributed by atoms with van der Waals surface area (Å²) in [5, 5.41) is 3.51. The molecule has 28 heavy (non-hydrogen) atoms. The van der Waals surface area contributed by atoms with Gasteiger partial charge < -0.3 is 10.1 Å². The summed E-state index contributed by atoms with van der Waals surface area (Å²) in [6.45, 7) is 7.45. The van der Waals surface area contributed by atoms with Crippen LogP contribution in [0.3, 0.4) is 0 Å². The number of nitrogens with zero attached hydrogens (tertiary/aromatic N) is 1. The molecule has 2 aromatic carbocycles. The molecular weight excluding hydrogens is 352 g/mol. The second-order valence-corrected chi connectivity index (χ2v) is 6.93. The maximum absolute atomic E-state index is 12.8. The van der Waals surface area contributed by atoms with Crippen LogP contribution in [-0.2, 0) is 16.0 Å². The Kier molecular flexibility index (Phi) is 5.73. The van der Waals surface area contributed by atoms with E-state index in [2.05, 4.69) is 10.3 Å². The molecule has 5 heteroatoms. The van der Waals surface area contributed by atoms with Gasteiger partial charge in [-0.3, -0.25) is 9.78 Å². The van der Waals surface area contributed by atoms with E-state index in [0.29, 0.717) is 17.7 Å². The first-order valence-electron chi connectivity index (χ1n) is 9.32. The van der Waals surface area contributed by atoms with E-state index in [-0.39, 0.29) is 12.5 Å². The van der Waals surface area contributed by atoms with Gasteiger partial charge in [-0.2, -0.15) is 0 Å². The highest BCUT2D eigenvalue weighted by Gasteiger charge is 2.19. The molecule has 1 amide bonds. The Morgan fingerprint density at radius 1 is 1.04 bits per heavy atom. The number of carbonyl (C=O) groups excluding carboxylic acids is 2. The summed E-state index contributed by atoms with van der Waals surface area (Å²) in [4.78, 5) is 29.6. The summed E-state index contributed by atoms with van der Waals surface area (Å²) in [6.07, 6.45) is 0.712. The molecule has 1 heterocycles. The third-order valence-corrected chi connectivity index (χ3v) is 4.62. The highest BCUT2D eigenvalue weighted by atomic mass is 16.5. The van der Waals surface area contributed by atoms with E-state index in [0.717, 1.165) is 33.3 Å². The fourth-order valence-corrected chi connectivity index (χ4v) is 3.41. The number of pyridine rings is 1. The van der Waals surface area contributed by atoms with Crippen molar-refractivity contribution in [3.05, 3.63) is 70.4 Å². The van der Waals surface area contributed by atoms with Crippen molar-refractivity contribution in [3.63, 3.8) is 0 Å². The fourth-order valence-electron chi connectivity index (χ4n) is 3.41. The number of hydrogen-bond acceptors (Lipinski definition) is 4. The predicted molar refractivity (Wildman–Crippen MR) is 111 cm³/mol. The first-order valence-corrected chi connectivity index (χ1v) is 9.32. The van der Waals surface area contributed by atoms with E-state index in [1.54, 1.807) is 0 Å². The van der Waals surface area contributed by atoms with Gasteiger partial charge >= 0.3 is 5.97 Å². The maximum Gasteiger partial charge on any atom is 0.339 e. The summed E-state index contributed by atoms with van der Waals surface area (Å²) in [6, 6.07) is 13.2. The summed E-state index contributed by atoms with van der Waals surface area (Å²) >= 11 is 0. The molecule has 0 radical (unpaired) electrons. The van der Waals surface area contributed by atoms with Gasteiger partial charge in [0, 0.05) is 16.8 Å². The molecule has 3 aromatic rings. The number of ether oxygens (including phenoxy) is 1. The van der Waals surface area contributed by atoms with Crippen LogP contribution in [0.1, 0.15) is 39.7 Å². The van der Waals surface area contributed by atoms with Crippen LogP contribution in [0.2, 0.25) is 0 Å². The van der Waals surface area contributed by atoms with Crippen molar-refractivity contribution in [2.24, 2.45) is 0 Å². The number of carbonyl (C=O) groups is 2. The number of esters is 1. The van der Waals surface area contributed by atoms with Gasteiger partial charge in [0.1, 0.15) is 0 Å². The standard InChI is InChI=1S/C23H24N2O3/c1-5-19-16(4)22(18-8-6-7-9-20(18)25-19)23(27)28-13-21(26)24-17-11-14(2)10-15(3)12-17/h6-12H,5,13H2,1-4H3,(H,24,26). The maximum atomic E-state index is 12.8. The number of fused-ring (bicyclic) bond motifs is 1. The van der Waals surface area contributed by atoms with E-state index < -0.39 is 5.97 Å². The summed E-state index contributed by atoms with van der Waals surface area (Å²) in [5.41, 5.74) is 5.67. The van der Waals surface area contributed by atoms with Gasteiger partial charge in [0.25, 0.3) is 5.91 Å². The topological polar surface area (TPSA) is 68.3 Å². The molecule has 0 spiro atoms. The Morgan fingerprint density at radius 2 is 1.71 bits per heavy atom. The monoisotopic (exact) mass is 376 g/mol. The van der Waals surface area contributed by atoms with Crippen LogP contribution < -0.4 is 5.32 Å². The third kappa shape index (κ3) is 4.19. The Morgan fingerprint density at radius 3 is 2.39 bits per heavy atom. The molecule has 0 bridgehead atoms. The molecule has 0 aliphatic heterocycles. The minimum absolute atomic E-state index is 0.344. The lowest BCUT2D eigenvalue weighted by Gasteiger charge is -2.13. The van der Waals surface area contributed by atoms with Crippen LogP contribution in [0, 0.1) is 20.8 Å². The number of nitrogens with one attached hydrogen (secondary N) is 1. The third-order valence-electron chi connectivity index (χ3n) is 4.62. The highest BCUT2D eigenvalue weighted by Crippen LogP contribution is 2.24. The van der Waals surface area contributed by atoms with E-state index in [4.69, 9.17) is 4.74 Å². The second kappa shape index (κ2) is 8.21. The summed E-state index contributed by atoms with van der Waals surface area (Å²) < 4.78 is 5.33. The van der Waals surface area contributed by atoms with Crippen molar-refractivity contribution < 1.29 is 14.3 Å². The van der Waals surface area contributed by atoms with Crippen molar-refractivity contribution >= 4 is 28.5 Å². The Hall–Kier alpha value is -3.21. The van der Waals surface area contributed by atoms with Gasteiger partial charge in [-0.25, -0.2) is 4.79 Å². The van der Waals surface area contributed by atoms with Crippen molar-refractivity contribution in [3.8, 4) is 0 Å². The number of aryl methyl sites for hydroxylation is 3. The van der Waals surface area contributed by atoms with Crippen LogP contribution in [0.25, 0.3) is 10.9 Å². The van der Waals surface area contributed by atoms with Gasteiger partial charge in [-0.15, -0.1) is 0 Å². The van der Waals surface area contributed by atoms with Gasteiger partial charge in [-0.05, 0) is 62.1 Å². The van der Waals surface area contributed by atoms with Gasteiger partial charge in [0.2, 0.25) is 0 Å². The average molecular weight is 376 g/mol. The average Bonchev–Trinajstić information content (AvgIpc) is 2.64. The molecule has 5 nitrogen and oxygen atoms in total. The number of hydrogen-bond donors (Lipinski definition) is 1. The zero-order chi connectivity index (χ0) is 20.3. The minimum atomic E-state index is -0.513. The zero-order valence-electron chi connectivity index (χ0n) is 16.6. The normalized spacial score (nSPS) is 10.7. The lowest BCUT2D eigenvalue weighted by Crippen LogP contribution is -2.22. The van der Waals surface area contributed by atoms with E-state index in [9.17, 15) is 9.59 Å². The lowest BCUT2D eigenvalue weighted by atomic mass is 10.0. The quantitative estimate of drug-likeness (QED) is 0.665. The van der Waals surface area contributed by atoms with E-state index in [1.165, 1.54) is 0 Å². The summed E-state index contributed by atoms with van der Waals surface area (Å²) in [5.74, 6) is -0.883. The molecule has 0 saturated carbocycles. The molecule has 0 atom stereocenters. The van der Waals surface area contributed by atoms with E-state index in [1.807, 2.05) is 70.2 Å².